The van der Waals surface area contributed by atoms with Crippen molar-refractivity contribution in [3.63, 3.8) is 0 Å². The van der Waals surface area contributed by atoms with Gasteiger partial charge in [0.25, 0.3) is 5.91 Å². The van der Waals surface area contributed by atoms with Gasteiger partial charge in [-0.15, -0.1) is 0 Å². The Hall–Kier alpha value is -2.62. The monoisotopic (exact) mass is 361 g/mol. The van der Waals surface area contributed by atoms with E-state index in [9.17, 15) is 4.79 Å². The van der Waals surface area contributed by atoms with E-state index in [0.29, 0.717) is 11.6 Å². The molecule has 2 aromatic carbocycles. The van der Waals surface area contributed by atoms with Crippen LogP contribution in [0.4, 0.5) is 0 Å². The zero-order valence-corrected chi connectivity index (χ0v) is 16.5. The third-order valence-corrected chi connectivity index (χ3v) is 5.21. The van der Waals surface area contributed by atoms with Crippen LogP contribution in [0.25, 0.3) is 10.8 Å². The molecular formula is C23H27N3O. The molecule has 1 atom stereocenters. The molecule has 27 heavy (non-hydrogen) atoms. The van der Waals surface area contributed by atoms with E-state index in [-0.39, 0.29) is 17.5 Å². The molecule has 4 nitrogen and oxygen atoms in total. The van der Waals surface area contributed by atoms with E-state index in [1.807, 2.05) is 29.8 Å². The number of rotatable bonds is 4. The van der Waals surface area contributed by atoms with Crippen LogP contribution in [0, 0.1) is 0 Å². The molecule has 1 aromatic heterocycles. The van der Waals surface area contributed by atoms with E-state index in [0.717, 1.165) is 11.3 Å². The number of carbonyl (C=O) groups is 1. The van der Waals surface area contributed by atoms with Gasteiger partial charge in [-0.1, -0.05) is 36.4 Å². The van der Waals surface area contributed by atoms with Crippen LogP contribution in [0.1, 0.15) is 74.2 Å². The lowest BCUT2D eigenvalue weighted by atomic mass is 10.0. The average Bonchev–Trinajstić information content (AvgIpc) is 3.38. The largest absolute Gasteiger partial charge is 0.344 e. The van der Waals surface area contributed by atoms with Crippen molar-refractivity contribution in [2.24, 2.45) is 0 Å². The summed E-state index contributed by atoms with van der Waals surface area (Å²) in [6.07, 6.45) is 2.35. The third kappa shape index (κ3) is 3.61. The number of nitrogens with zero attached hydrogens (tertiary/aromatic N) is 2. The molecule has 0 unspecified atom stereocenters. The Labute approximate surface area is 160 Å². The Balaban J connectivity index is 1.59. The van der Waals surface area contributed by atoms with E-state index in [1.54, 1.807) is 0 Å². The van der Waals surface area contributed by atoms with E-state index < -0.39 is 0 Å². The Bertz CT molecular complexity index is 992. The Morgan fingerprint density at radius 2 is 1.81 bits per heavy atom. The van der Waals surface area contributed by atoms with E-state index >= 15 is 0 Å². The van der Waals surface area contributed by atoms with Crippen LogP contribution in [0.3, 0.4) is 0 Å². The molecule has 0 spiro atoms. The van der Waals surface area contributed by atoms with Crippen LogP contribution in [-0.2, 0) is 5.54 Å². The van der Waals surface area contributed by atoms with Crippen molar-refractivity contribution in [3.05, 3.63) is 65.5 Å². The van der Waals surface area contributed by atoms with Gasteiger partial charge in [0.2, 0.25) is 0 Å². The number of fused-ring (bicyclic) bond motifs is 1. The number of hydrogen-bond donors (Lipinski definition) is 1. The summed E-state index contributed by atoms with van der Waals surface area (Å²) in [5.41, 5.74) is 2.57. The predicted octanol–water partition coefficient (Wildman–Crippen LogP) is 5.16. The fourth-order valence-electron chi connectivity index (χ4n) is 3.48. The van der Waals surface area contributed by atoms with Crippen LogP contribution >= 0.6 is 0 Å². The summed E-state index contributed by atoms with van der Waals surface area (Å²) in [5.74, 6) is 0.461. The second-order valence-electron chi connectivity index (χ2n) is 8.61. The molecule has 0 radical (unpaired) electrons. The molecule has 1 heterocycles. The van der Waals surface area contributed by atoms with Gasteiger partial charge in [0, 0.05) is 5.92 Å². The highest BCUT2D eigenvalue weighted by Crippen LogP contribution is 2.40. The number of hydrogen-bond acceptors (Lipinski definition) is 2. The average molecular weight is 361 g/mol. The maximum absolute atomic E-state index is 13.0. The van der Waals surface area contributed by atoms with E-state index in [2.05, 4.69) is 56.4 Å². The molecule has 4 heteroatoms. The smallest absolute Gasteiger partial charge is 0.270 e. The molecule has 140 valence electrons. The topological polar surface area (TPSA) is 46.9 Å². The first kappa shape index (κ1) is 17.8. The lowest BCUT2D eigenvalue weighted by Crippen LogP contribution is -2.33. The lowest BCUT2D eigenvalue weighted by molar-refractivity contribution is 0.0921. The second-order valence-corrected chi connectivity index (χ2v) is 8.61. The minimum Gasteiger partial charge on any atom is -0.344 e. The fraction of sp³-hybridized carbons (Fsp3) is 0.391. The summed E-state index contributed by atoms with van der Waals surface area (Å²) in [6.45, 7) is 8.28. The van der Waals surface area contributed by atoms with Crippen molar-refractivity contribution in [2.75, 3.05) is 0 Å². The lowest BCUT2D eigenvalue weighted by Gasteiger charge is -2.23. The van der Waals surface area contributed by atoms with Crippen molar-refractivity contribution in [1.82, 2.24) is 15.1 Å². The Morgan fingerprint density at radius 1 is 1.11 bits per heavy atom. The number of aromatic nitrogens is 2. The first-order valence-corrected chi connectivity index (χ1v) is 9.73. The highest BCUT2D eigenvalue weighted by atomic mass is 16.2. The molecule has 0 bridgehead atoms. The van der Waals surface area contributed by atoms with Gasteiger partial charge in [-0.3, -0.25) is 9.48 Å². The first-order chi connectivity index (χ1) is 12.8. The molecule has 1 amide bonds. The van der Waals surface area contributed by atoms with Gasteiger partial charge in [-0.25, -0.2) is 0 Å². The van der Waals surface area contributed by atoms with Crippen LogP contribution in [0.2, 0.25) is 0 Å². The highest BCUT2D eigenvalue weighted by molar-refractivity contribution is 5.93. The Morgan fingerprint density at radius 3 is 2.48 bits per heavy atom. The third-order valence-electron chi connectivity index (χ3n) is 5.21. The SMILES string of the molecule is C[C@H](NC(=O)c1cc(C2CC2)nn1C(C)(C)C)c1ccc2ccccc2c1. The van der Waals surface area contributed by atoms with Gasteiger partial charge in [0.15, 0.2) is 0 Å². The predicted molar refractivity (Wildman–Crippen MR) is 109 cm³/mol. The zero-order valence-electron chi connectivity index (χ0n) is 16.5. The number of carbonyl (C=O) groups excluding carboxylic acids is 1. The van der Waals surface area contributed by atoms with Gasteiger partial charge in [-0.2, -0.15) is 5.10 Å². The van der Waals surface area contributed by atoms with Gasteiger partial charge in [0.05, 0.1) is 17.3 Å². The van der Waals surface area contributed by atoms with Crippen molar-refractivity contribution in [2.45, 2.75) is 58.0 Å². The van der Waals surface area contributed by atoms with E-state index in [1.165, 1.54) is 23.6 Å². The quantitative estimate of drug-likeness (QED) is 0.698. The minimum absolute atomic E-state index is 0.0648. The standard InChI is InChI=1S/C23H27N3O/c1-15(18-12-9-16-7-5-6-8-19(16)13-18)24-22(27)21-14-20(17-10-11-17)25-26(21)23(2,3)4/h5-9,12-15,17H,10-11H2,1-4H3,(H,24,27)/t15-/m0/s1. The summed E-state index contributed by atoms with van der Waals surface area (Å²) >= 11 is 0. The van der Waals surface area contributed by atoms with Crippen molar-refractivity contribution < 1.29 is 4.79 Å². The number of amides is 1. The molecule has 1 aliphatic carbocycles. The summed E-state index contributed by atoms with van der Waals surface area (Å²) in [7, 11) is 0. The van der Waals surface area contributed by atoms with Crippen molar-refractivity contribution >= 4 is 16.7 Å². The normalized spacial score (nSPS) is 15.7. The minimum atomic E-state index is -0.230. The van der Waals surface area contributed by atoms with Crippen LogP contribution < -0.4 is 5.32 Å². The van der Waals surface area contributed by atoms with Crippen LogP contribution in [0.15, 0.2) is 48.5 Å². The van der Waals surface area contributed by atoms with Gasteiger partial charge >= 0.3 is 0 Å². The van der Waals surface area contributed by atoms with Crippen molar-refractivity contribution in [1.29, 1.82) is 0 Å². The summed E-state index contributed by atoms with van der Waals surface area (Å²) in [4.78, 5) is 13.0. The van der Waals surface area contributed by atoms with Gasteiger partial charge in [0.1, 0.15) is 5.69 Å². The molecular weight excluding hydrogens is 334 g/mol. The molecule has 4 rings (SSSR count). The molecule has 1 saturated carbocycles. The summed E-state index contributed by atoms with van der Waals surface area (Å²) in [6, 6.07) is 16.5. The van der Waals surface area contributed by atoms with Gasteiger partial charge in [-0.05, 0) is 69.0 Å². The summed E-state index contributed by atoms with van der Waals surface area (Å²) in [5, 5.41) is 10.3. The summed E-state index contributed by atoms with van der Waals surface area (Å²) < 4.78 is 1.88. The van der Waals surface area contributed by atoms with Gasteiger partial charge < -0.3 is 5.32 Å². The number of nitrogens with one attached hydrogen (secondary N) is 1. The molecule has 1 fully saturated rings. The molecule has 0 saturated heterocycles. The van der Waals surface area contributed by atoms with Crippen LogP contribution in [0.5, 0.6) is 0 Å². The Kier molecular flexibility index (Phi) is 4.29. The highest BCUT2D eigenvalue weighted by Gasteiger charge is 2.31. The molecule has 0 aliphatic heterocycles. The molecule has 3 aromatic rings. The zero-order chi connectivity index (χ0) is 19.2. The van der Waals surface area contributed by atoms with Crippen molar-refractivity contribution in [3.8, 4) is 0 Å². The maximum Gasteiger partial charge on any atom is 0.270 e. The first-order valence-electron chi connectivity index (χ1n) is 9.73. The number of benzene rings is 2. The van der Waals surface area contributed by atoms with E-state index in [4.69, 9.17) is 5.10 Å². The maximum atomic E-state index is 13.0. The molecule has 1 aliphatic rings. The van der Waals surface area contributed by atoms with Crippen LogP contribution in [-0.4, -0.2) is 15.7 Å². The second kappa shape index (κ2) is 6.52. The molecule has 1 N–H and O–H groups in total. The fourth-order valence-corrected chi connectivity index (χ4v) is 3.48.